The van der Waals surface area contributed by atoms with Gasteiger partial charge >= 0.3 is 12.1 Å². The largest absolute Gasteiger partial charge is 0.462 e. The van der Waals surface area contributed by atoms with Crippen molar-refractivity contribution in [1.29, 1.82) is 0 Å². The predicted molar refractivity (Wildman–Crippen MR) is 106 cm³/mol. The molecule has 1 aromatic carbocycles. The minimum absolute atomic E-state index is 0.00221. The van der Waals surface area contributed by atoms with Gasteiger partial charge in [-0.1, -0.05) is 23.2 Å². The van der Waals surface area contributed by atoms with E-state index >= 15 is 0 Å². The molecule has 0 spiro atoms. The fourth-order valence-corrected chi connectivity index (χ4v) is 4.39. The van der Waals surface area contributed by atoms with Crippen molar-refractivity contribution in [2.75, 3.05) is 6.61 Å². The number of aromatic nitrogens is 3. The van der Waals surface area contributed by atoms with Gasteiger partial charge in [0.2, 0.25) is 5.13 Å². The van der Waals surface area contributed by atoms with Gasteiger partial charge in [0.05, 0.1) is 28.5 Å². The van der Waals surface area contributed by atoms with E-state index in [4.69, 9.17) is 27.9 Å². The number of rotatable bonds is 6. The van der Waals surface area contributed by atoms with Crippen LogP contribution in [0, 0.1) is 0 Å². The van der Waals surface area contributed by atoms with Gasteiger partial charge in [0.25, 0.3) is 0 Å². The molecule has 0 N–H and O–H groups in total. The number of esters is 1. The maximum atomic E-state index is 13.6. The third-order valence-corrected chi connectivity index (χ3v) is 6.16. The summed E-state index contributed by atoms with van der Waals surface area (Å²) in [5.74, 6) is -0.681. The van der Waals surface area contributed by atoms with Crippen LogP contribution in [0.25, 0.3) is 5.13 Å². The molecule has 0 radical (unpaired) electrons. The van der Waals surface area contributed by atoms with Gasteiger partial charge in [-0.05, 0) is 25.1 Å². The lowest BCUT2D eigenvalue weighted by Gasteiger charge is -2.10. The Kier molecular flexibility index (Phi) is 6.77. The number of benzene rings is 1. The molecule has 154 valence electrons. The third kappa shape index (κ3) is 5.06. The standard InChI is InChI=1S/C17H12Cl2F3N3O2S2/c1-2-27-15(26)11-6-23-25(14(11)17(20,21)22)16-24-9(8-29-16)7-28-10-3-4-12(18)13(19)5-10/h3-6,8H,2,7H2,1H3. The summed E-state index contributed by atoms with van der Waals surface area (Å²) in [6.45, 7) is 1.46. The summed E-state index contributed by atoms with van der Waals surface area (Å²) in [7, 11) is 0. The molecule has 0 saturated heterocycles. The lowest BCUT2D eigenvalue weighted by molar-refractivity contribution is -0.143. The molecule has 0 atom stereocenters. The van der Waals surface area contributed by atoms with Crippen LogP contribution in [0.3, 0.4) is 0 Å². The average Bonchev–Trinajstić information content (AvgIpc) is 3.29. The number of thioether (sulfide) groups is 1. The molecule has 0 amide bonds. The van der Waals surface area contributed by atoms with E-state index in [2.05, 4.69) is 10.1 Å². The van der Waals surface area contributed by atoms with Crippen LogP contribution in [0.15, 0.2) is 34.7 Å². The Bertz CT molecular complexity index is 1040. The van der Waals surface area contributed by atoms with E-state index in [1.807, 2.05) is 0 Å². The first-order valence-electron chi connectivity index (χ1n) is 8.05. The number of alkyl halides is 3. The molecule has 0 aliphatic heterocycles. The van der Waals surface area contributed by atoms with E-state index in [0.717, 1.165) is 22.4 Å². The van der Waals surface area contributed by atoms with Gasteiger partial charge in [0.1, 0.15) is 5.56 Å². The highest BCUT2D eigenvalue weighted by atomic mass is 35.5. The van der Waals surface area contributed by atoms with Crippen LogP contribution in [0.2, 0.25) is 10.0 Å². The second-order valence-corrected chi connectivity index (χ2v) is 8.22. The number of ether oxygens (including phenoxy) is 1. The number of halogens is 5. The van der Waals surface area contributed by atoms with E-state index in [1.165, 1.54) is 18.7 Å². The highest BCUT2D eigenvalue weighted by Gasteiger charge is 2.41. The Hall–Kier alpha value is -1.75. The molecule has 29 heavy (non-hydrogen) atoms. The number of nitrogens with zero attached hydrogens (tertiary/aromatic N) is 3. The SMILES string of the molecule is CCOC(=O)c1cnn(-c2nc(CSc3ccc(Cl)c(Cl)c3)cs2)c1C(F)(F)F. The van der Waals surface area contributed by atoms with Crippen molar-refractivity contribution in [3.63, 3.8) is 0 Å². The molecule has 2 aromatic heterocycles. The van der Waals surface area contributed by atoms with Crippen molar-refractivity contribution in [3.8, 4) is 5.13 Å². The molecule has 0 aliphatic rings. The molecule has 5 nitrogen and oxygen atoms in total. The molecule has 2 heterocycles. The zero-order valence-corrected chi connectivity index (χ0v) is 17.8. The number of hydrogen-bond donors (Lipinski definition) is 0. The number of carbonyl (C=O) groups is 1. The zero-order valence-electron chi connectivity index (χ0n) is 14.7. The minimum atomic E-state index is -4.81. The van der Waals surface area contributed by atoms with Crippen molar-refractivity contribution >= 4 is 52.3 Å². The summed E-state index contributed by atoms with van der Waals surface area (Å²) >= 11 is 14.2. The number of carbonyl (C=O) groups excluding carboxylic acids is 1. The molecular formula is C17H12Cl2F3N3O2S2. The van der Waals surface area contributed by atoms with Gasteiger partial charge in [-0.2, -0.15) is 18.3 Å². The molecule has 12 heteroatoms. The summed E-state index contributed by atoms with van der Waals surface area (Å²) in [6.07, 6.45) is -3.97. The molecule has 0 fully saturated rings. The average molecular weight is 482 g/mol. The van der Waals surface area contributed by atoms with Gasteiger partial charge in [0.15, 0.2) is 5.69 Å². The predicted octanol–water partition coefficient (Wildman–Crippen LogP) is 6.12. The smallest absolute Gasteiger partial charge is 0.434 e. The topological polar surface area (TPSA) is 57.0 Å². The van der Waals surface area contributed by atoms with E-state index in [9.17, 15) is 18.0 Å². The van der Waals surface area contributed by atoms with Crippen molar-refractivity contribution in [1.82, 2.24) is 14.8 Å². The molecular weight excluding hydrogens is 470 g/mol. The Morgan fingerprint density at radius 2 is 2.07 bits per heavy atom. The molecule has 0 unspecified atom stereocenters. The summed E-state index contributed by atoms with van der Waals surface area (Å²) in [5.41, 5.74) is -1.31. The lowest BCUT2D eigenvalue weighted by atomic mass is 10.2. The van der Waals surface area contributed by atoms with Gasteiger partial charge in [-0.3, -0.25) is 0 Å². The Labute approximate surface area is 181 Å². The maximum absolute atomic E-state index is 13.6. The monoisotopic (exact) mass is 481 g/mol. The third-order valence-electron chi connectivity index (χ3n) is 3.53. The van der Waals surface area contributed by atoms with Crippen LogP contribution in [0.5, 0.6) is 0 Å². The van der Waals surface area contributed by atoms with Crippen LogP contribution < -0.4 is 0 Å². The first kappa shape index (κ1) is 21.9. The second kappa shape index (κ2) is 8.95. The van der Waals surface area contributed by atoms with E-state index in [1.54, 1.807) is 23.6 Å². The number of thiazole rings is 1. The van der Waals surface area contributed by atoms with Crippen molar-refractivity contribution in [2.24, 2.45) is 0 Å². The molecule has 0 bridgehead atoms. The normalized spacial score (nSPS) is 11.7. The fraction of sp³-hybridized carbons (Fsp3) is 0.235. The number of hydrogen-bond acceptors (Lipinski definition) is 6. The van der Waals surface area contributed by atoms with Crippen LogP contribution in [0.4, 0.5) is 13.2 Å². The van der Waals surface area contributed by atoms with Crippen LogP contribution in [-0.2, 0) is 16.7 Å². The van der Waals surface area contributed by atoms with E-state index < -0.39 is 23.4 Å². The van der Waals surface area contributed by atoms with Crippen LogP contribution in [0.1, 0.15) is 28.7 Å². The first-order valence-corrected chi connectivity index (χ1v) is 10.7. The summed E-state index contributed by atoms with van der Waals surface area (Å²) in [5, 5.41) is 6.19. The zero-order chi connectivity index (χ0) is 21.2. The highest BCUT2D eigenvalue weighted by molar-refractivity contribution is 7.98. The van der Waals surface area contributed by atoms with E-state index in [0.29, 0.717) is 26.2 Å². The van der Waals surface area contributed by atoms with Gasteiger partial charge in [-0.15, -0.1) is 23.1 Å². The fourth-order valence-electron chi connectivity index (χ4n) is 2.31. The van der Waals surface area contributed by atoms with Crippen molar-refractivity contribution in [2.45, 2.75) is 23.7 Å². The molecule has 0 saturated carbocycles. The van der Waals surface area contributed by atoms with Crippen LogP contribution in [-0.4, -0.2) is 27.3 Å². The van der Waals surface area contributed by atoms with E-state index in [-0.39, 0.29) is 11.7 Å². The quantitative estimate of drug-likeness (QED) is 0.313. The van der Waals surface area contributed by atoms with Crippen LogP contribution >= 0.6 is 46.3 Å². The summed E-state index contributed by atoms with van der Waals surface area (Å²) in [6, 6.07) is 5.14. The van der Waals surface area contributed by atoms with Crippen molar-refractivity contribution in [3.05, 3.63) is 56.8 Å². The second-order valence-electron chi connectivity index (χ2n) is 5.52. The molecule has 3 aromatic rings. The highest BCUT2D eigenvalue weighted by Crippen LogP contribution is 2.35. The maximum Gasteiger partial charge on any atom is 0.434 e. The summed E-state index contributed by atoms with van der Waals surface area (Å²) < 4.78 is 46.0. The Morgan fingerprint density at radius 3 is 2.72 bits per heavy atom. The first-order chi connectivity index (χ1) is 13.7. The Balaban J connectivity index is 1.84. The van der Waals surface area contributed by atoms with Gasteiger partial charge < -0.3 is 4.74 Å². The van der Waals surface area contributed by atoms with Gasteiger partial charge in [-0.25, -0.2) is 14.5 Å². The minimum Gasteiger partial charge on any atom is -0.462 e. The molecule has 3 rings (SSSR count). The molecule has 0 aliphatic carbocycles. The lowest BCUT2D eigenvalue weighted by Crippen LogP contribution is -2.18. The van der Waals surface area contributed by atoms with Gasteiger partial charge in [0, 0.05) is 16.0 Å². The Morgan fingerprint density at radius 1 is 1.31 bits per heavy atom. The van der Waals surface area contributed by atoms with Crippen molar-refractivity contribution < 1.29 is 22.7 Å². The summed E-state index contributed by atoms with van der Waals surface area (Å²) in [4.78, 5) is 16.9.